The first-order chi connectivity index (χ1) is 18.4. The predicted molar refractivity (Wildman–Crippen MR) is 144 cm³/mol. The van der Waals surface area contributed by atoms with E-state index in [4.69, 9.17) is 13.9 Å². The number of carbonyl (C=O) groups excluding carboxylic acids is 2. The van der Waals surface area contributed by atoms with Crippen LogP contribution in [-0.4, -0.2) is 41.8 Å². The molecule has 0 radical (unpaired) electrons. The van der Waals surface area contributed by atoms with Crippen LogP contribution in [0.2, 0.25) is 0 Å². The lowest BCUT2D eigenvalue weighted by atomic mass is 10.00. The summed E-state index contributed by atoms with van der Waals surface area (Å²) in [7, 11) is 1.34. The standard InChI is InChI=1S/C31H37NO6/c1-4-5-6-7-11-17-26-24(23-16-12-13-21(2)18-23)19-27(38-26)28(33)29(36-3)30(34)32-25(20-37-31(32)35)22-14-9-8-10-15-22/h8-10,12-16,18-19,25,28-29,33H,4-7,11,17,20H2,1-3H3/t25-,28-,29+/m1/s1. The zero-order valence-electron chi connectivity index (χ0n) is 22.4. The van der Waals surface area contributed by atoms with Crippen LogP contribution in [0.4, 0.5) is 4.79 Å². The maximum absolute atomic E-state index is 13.6. The SMILES string of the molecule is CCCCCCCc1oc([C@@H](O)[C@H](OC)C(=O)N2C(=O)OC[C@@H]2c2ccccc2)cc1-c1cccc(C)c1. The Hall–Kier alpha value is -3.42. The van der Waals surface area contributed by atoms with E-state index >= 15 is 0 Å². The van der Waals surface area contributed by atoms with E-state index in [1.807, 2.05) is 55.5 Å². The van der Waals surface area contributed by atoms with Gasteiger partial charge in [-0.1, -0.05) is 92.8 Å². The minimum Gasteiger partial charge on any atom is -0.463 e. The fourth-order valence-corrected chi connectivity index (χ4v) is 4.96. The molecule has 3 atom stereocenters. The molecular formula is C31H37NO6. The van der Waals surface area contributed by atoms with Gasteiger partial charge in [-0.25, -0.2) is 9.69 Å². The van der Waals surface area contributed by atoms with Crippen molar-refractivity contribution in [2.24, 2.45) is 0 Å². The number of imide groups is 1. The van der Waals surface area contributed by atoms with Crippen LogP contribution in [0.1, 0.15) is 73.8 Å². The molecule has 1 aliphatic heterocycles. The quantitative estimate of drug-likeness (QED) is 0.274. The van der Waals surface area contributed by atoms with Gasteiger partial charge in [0.1, 0.15) is 30.3 Å². The molecule has 0 spiro atoms. The van der Waals surface area contributed by atoms with Crippen LogP contribution in [0.15, 0.2) is 65.1 Å². The number of furan rings is 1. The Bertz CT molecular complexity index is 1220. The molecule has 202 valence electrons. The molecule has 2 amide bonds. The summed E-state index contributed by atoms with van der Waals surface area (Å²) in [5.41, 5.74) is 3.76. The zero-order valence-corrected chi connectivity index (χ0v) is 22.4. The van der Waals surface area contributed by atoms with E-state index in [1.165, 1.54) is 26.4 Å². The number of nitrogens with zero attached hydrogens (tertiary/aromatic N) is 1. The number of aryl methyl sites for hydroxylation is 2. The maximum atomic E-state index is 13.6. The molecule has 0 bridgehead atoms. The molecule has 3 aromatic rings. The van der Waals surface area contributed by atoms with Gasteiger partial charge in [0, 0.05) is 19.1 Å². The summed E-state index contributed by atoms with van der Waals surface area (Å²) in [6.45, 7) is 4.26. The normalized spacial score (nSPS) is 16.9. The smallest absolute Gasteiger partial charge is 0.417 e. The first-order valence-electron chi connectivity index (χ1n) is 13.4. The van der Waals surface area contributed by atoms with Gasteiger partial charge >= 0.3 is 6.09 Å². The van der Waals surface area contributed by atoms with Crippen LogP contribution in [-0.2, 0) is 20.7 Å². The Morgan fingerprint density at radius 3 is 2.55 bits per heavy atom. The second kappa shape index (κ2) is 12.9. The van der Waals surface area contributed by atoms with Gasteiger partial charge in [0.05, 0.1) is 0 Å². The minimum atomic E-state index is -1.41. The summed E-state index contributed by atoms with van der Waals surface area (Å²) < 4.78 is 16.9. The number of hydrogen-bond acceptors (Lipinski definition) is 6. The number of rotatable bonds is 12. The average molecular weight is 520 g/mol. The lowest BCUT2D eigenvalue weighted by molar-refractivity contribution is -0.148. The second-order valence-electron chi connectivity index (χ2n) is 9.83. The van der Waals surface area contributed by atoms with Crippen molar-refractivity contribution >= 4 is 12.0 Å². The summed E-state index contributed by atoms with van der Waals surface area (Å²) in [4.78, 5) is 27.2. The molecule has 0 unspecified atom stereocenters. The summed E-state index contributed by atoms with van der Waals surface area (Å²) in [6, 6.07) is 18.5. The monoisotopic (exact) mass is 519 g/mol. The number of amides is 2. The third-order valence-corrected chi connectivity index (χ3v) is 7.03. The molecule has 0 aliphatic carbocycles. The second-order valence-corrected chi connectivity index (χ2v) is 9.83. The van der Waals surface area contributed by atoms with Crippen molar-refractivity contribution in [3.05, 3.63) is 83.3 Å². The number of aliphatic hydroxyl groups excluding tert-OH is 1. The third-order valence-electron chi connectivity index (χ3n) is 7.03. The number of unbranched alkanes of at least 4 members (excludes halogenated alkanes) is 4. The van der Waals surface area contributed by atoms with Gasteiger partial charge in [0.15, 0.2) is 6.10 Å². The van der Waals surface area contributed by atoms with Gasteiger partial charge in [-0.3, -0.25) is 4.79 Å². The van der Waals surface area contributed by atoms with Crippen molar-refractivity contribution in [3.63, 3.8) is 0 Å². The van der Waals surface area contributed by atoms with Crippen molar-refractivity contribution in [1.29, 1.82) is 0 Å². The molecule has 1 saturated heterocycles. The molecular weight excluding hydrogens is 482 g/mol. The van der Waals surface area contributed by atoms with Crippen LogP contribution in [0.5, 0.6) is 0 Å². The van der Waals surface area contributed by atoms with Crippen molar-refractivity contribution in [1.82, 2.24) is 4.90 Å². The van der Waals surface area contributed by atoms with E-state index in [9.17, 15) is 14.7 Å². The van der Waals surface area contributed by atoms with Gasteiger partial charge in [-0.15, -0.1) is 0 Å². The Morgan fingerprint density at radius 1 is 1.08 bits per heavy atom. The van der Waals surface area contributed by atoms with Gasteiger partial charge in [-0.2, -0.15) is 0 Å². The number of benzene rings is 2. The predicted octanol–water partition coefficient (Wildman–Crippen LogP) is 6.54. The topological polar surface area (TPSA) is 89.2 Å². The van der Waals surface area contributed by atoms with Crippen LogP contribution in [0.3, 0.4) is 0 Å². The van der Waals surface area contributed by atoms with E-state index in [0.29, 0.717) is 0 Å². The Kier molecular flexibility index (Phi) is 9.37. The molecule has 7 heteroatoms. The van der Waals surface area contributed by atoms with Crippen LogP contribution >= 0.6 is 0 Å². The van der Waals surface area contributed by atoms with Crippen LogP contribution < -0.4 is 0 Å². The number of methoxy groups -OCH3 is 1. The van der Waals surface area contributed by atoms with Gasteiger partial charge in [0.25, 0.3) is 5.91 Å². The lowest BCUT2D eigenvalue weighted by Gasteiger charge is -2.26. The largest absolute Gasteiger partial charge is 0.463 e. The summed E-state index contributed by atoms with van der Waals surface area (Å²) in [5, 5.41) is 11.3. The molecule has 0 saturated carbocycles. The van der Waals surface area contributed by atoms with Crippen molar-refractivity contribution in [2.75, 3.05) is 13.7 Å². The highest BCUT2D eigenvalue weighted by atomic mass is 16.6. The number of carbonyl (C=O) groups is 2. The number of cyclic esters (lactones) is 1. The Balaban J connectivity index is 1.60. The third kappa shape index (κ3) is 6.17. The summed E-state index contributed by atoms with van der Waals surface area (Å²) in [5.74, 6) is 0.325. The van der Waals surface area contributed by atoms with Crippen LogP contribution in [0.25, 0.3) is 11.1 Å². The fourth-order valence-electron chi connectivity index (χ4n) is 4.96. The van der Waals surface area contributed by atoms with E-state index in [2.05, 4.69) is 13.0 Å². The number of aliphatic hydroxyl groups is 1. The Morgan fingerprint density at radius 2 is 1.84 bits per heavy atom. The first-order valence-corrected chi connectivity index (χ1v) is 13.4. The van der Waals surface area contributed by atoms with E-state index in [0.717, 1.165) is 52.2 Å². The highest BCUT2D eigenvalue weighted by molar-refractivity contribution is 5.96. The highest BCUT2D eigenvalue weighted by Gasteiger charge is 2.44. The van der Waals surface area contributed by atoms with E-state index in [1.54, 1.807) is 6.07 Å². The van der Waals surface area contributed by atoms with Crippen LogP contribution in [0, 0.1) is 6.92 Å². The molecule has 1 fully saturated rings. The molecule has 1 aliphatic rings. The maximum Gasteiger partial charge on any atom is 0.417 e. The average Bonchev–Trinajstić information content (AvgIpc) is 3.53. The molecule has 38 heavy (non-hydrogen) atoms. The molecule has 1 aromatic heterocycles. The molecule has 2 heterocycles. The molecule has 7 nitrogen and oxygen atoms in total. The molecule has 4 rings (SSSR count). The van der Waals surface area contributed by atoms with Gasteiger partial charge in [-0.05, 0) is 30.5 Å². The van der Waals surface area contributed by atoms with Crippen molar-refractivity contribution in [2.45, 2.75) is 70.6 Å². The summed E-state index contributed by atoms with van der Waals surface area (Å²) >= 11 is 0. The van der Waals surface area contributed by atoms with Crippen molar-refractivity contribution < 1.29 is 28.6 Å². The Labute approximate surface area is 224 Å². The van der Waals surface area contributed by atoms with E-state index in [-0.39, 0.29) is 12.4 Å². The van der Waals surface area contributed by atoms with Crippen molar-refractivity contribution in [3.8, 4) is 11.1 Å². The first kappa shape index (κ1) is 27.6. The zero-order chi connectivity index (χ0) is 27.1. The fraction of sp³-hybridized carbons (Fsp3) is 0.419. The number of ether oxygens (including phenoxy) is 2. The number of hydrogen-bond donors (Lipinski definition) is 1. The molecule has 2 aromatic carbocycles. The molecule has 1 N–H and O–H groups in total. The lowest BCUT2D eigenvalue weighted by Crippen LogP contribution is -2.44. The summed E-state index contributed by atoms with van der Waals surface area (Å²) in [6.07, 6.45) is 2.81. The van der Waals surface area contributed by atoms with Gasteiger partial charge < -0.3 is 19.0 Å². The van der Waals surface area contributed by atoms with E-state index < -0.39 is 30.3 Å². The highest BCUT2D eigenvalue weighted by Crippen LogP contribution is 2.35. The van der Waals surface area contributed by atoms with Gasteiger partial charge in [0.2, 0.25) is 0 Å². The minimum absolute atomic E-state index is 0.0432.